The summed E-state index contributed by atoms with van der Waals surface area (Å²) in [6.07, 6.45) is 57.3. The van der Waals surface area contributed by atoms with Crippen molar-refractivity contribution < 1.29 is 9.47 Å². The van der Waals surface area contributed by atoms with Gasteiger partial charge in [0.1, 0.15) is 0 Å². The zero-order valence-corrected chi connectivity index (χ0v) is 34.3. The Kier molecular flexibility index (Phi) is 26.4. The van der Waals surface area contributed by atoms with Crippen molar-refractivity contribution in [2.75, 3.05) is 20.6 Å². The third kappa shape index (κ3) is 21.4. The van der Waals surface area contributed by atoms with Crippen molar-refractivity contribution in [1.29, 1.82) is 0 Å². The average molecular weight is 696 g/mol. The molecule has 50 heavy (non-hydrogen) atoms. The van der Waals surface area contributed by atoms with Crippen molar-refractivity contribution >= 4 is 0 Å². The second kappa shape index (κ2) is 29.3. The zero-order valence-electron chi connectivity index (χ0n) is 34.3. The molecular weight excluding hydrogens is 611 g/mol. The lowest BCUT2D eigenvalue weighted by atomic mass is 9.76. The van der Waals surface area contributed by atoms with Crippen molar-refractivity contribution in [2.45, 2.75) is 225 Å². The summed E-state index contributed by atoms with van der Waals surface area (Å²) in [6.45, 7) is 7.73. The molecular formula is C47H85NO2. The van der Waals surface area contributed by atoms with Crippen LogP contribution in [0.5, 0.6) is 0 Å². The minimum Gasteiger partial charge on any atom is -0.344 e. The number of unbranched alkanes of at least 4 members (excludes halogenated alkanes) is 18. The summed E-state index contributed by atoms with van der Waals surface area (Å²) in [5.41, 5.74) is 0.414. The van der Waals surface area contributed by atoms with Crippen LogP contribution in [-0.2, 0) is 9.47 Å². The third-order valence-corrected chi connectivity index (χ3v) is 11.3. The predicted molar refractivity (Wildman–Crippen MR) is 221 cm³/mol. The van der Waals surface area contributed by atoms with Gasteiger partial charge < -0.3 is 14.4 Å². The van der Waals surface area contributed by atoms with Crippen LogP contribution in [0.3, 0.4) is 0 Å². The highest BCUT2D eigenvalue weighted by molar-refractivity contribution is 4.99. The normalized spacial score (nSPS) is 22.4. The number of hydrogen-bond acceptors (Lipinski definition) is 3. The van der Waals surface area contributed by atoms with E-state index in [1.807, 2.05) is 0 Å². The third-order valence-electron chi connectivity index (χ3n) is 11.3. The Morgan fingerprint density at radius 2 is 0.940 bits per heavy atom. The minimum atomic E-state index is -0.323. The molecule has 1 unspecified atom stereocenters. The molecule has 1 spiro atoms. The topological polar surface area (TPSA) is 21.7 Å². The number of hydrogen-bond donors (Lipinski definition) is 0. The number of likely N-dealkylation sites (N-methyl/N-ethyl adjacent to an activating group) is 1. The van der Waals surface area contributed by atoms with Gasteiger partial charge >= 0.3 is 0 Å². The van der Waals surface area contributed by atoms with Gasteiger partial charge in [-0.25, -0.2) is 0 Å². The fourth-order valence-corrected chi connectivity index (χ4v) is 8.29. The largest absolute Gasteiger partial charge is 0.344 e. The first-order chi connectivity index (χ1) is 24.4. The number of rotatable bonds is 32. The molecule has 0 bridgehead atoms. The highest BCUT2D eigenvalue weighted by atomic mass is 16.8. The summed E-state index contributed by atoms with van der Waals surface area (Å²) >= 11 is 0. The summed E-state index contributed by atoms with van der Waals surface area (Å²) in [4.78, 5) is 2.25. The van der Waals surface area contributed by atoms with Crippen molar-refractivity contribution in [2.24, 2.45) is 5.41 Å². The highest BCUT2D eigenvalue weighted by Gasteiger charge is 2.55. The molecule has 1 heterocycles. The van der Waals surface area contributed by atoms with Crippen LogP contribution in [0, 0.1) is 5.41 Å². The molecule has 2 fully saturated rings. The van der Waals surface area contributed by atoms with Crippen molar-refractivity contribution in [3.05, 3.63) is 48.6 Å². The van der Waals surface area contributed by atoms with Crippen LogP contribution in [0.15, 0.2) is 48.6 Å². The van der Waals surface area contributed by atoms with E-state index in [0.717, 1.165) is 32.2 Å². The van der Waals surface area contributed by atoms with E-state index in [1.54, 1.807) is 0 Å². The number of allylic oxidation sites excluding steroid dienone is 8. The molecule has 1 aliphatic heterocycles. The maximum Gasteiger partial charge on any atom is 0.169 e. The Bertz CT molecular complexity index is 855. The van der Waals surface area contributed by atoms with Crippen LogP contribution in [0.25, 0.3) is 0 Å². The van der Waals surface area contributed by atoms with Gasteiger partial charge in [0.25, 0.3) is 0 Å². The Hall–Kier alpha value is -1.16. The van der Waals surface area contributed by atoms with Gasteiger partial charge in [0, 0.05) is 19.4 Å². The van der Waals surface area contributed by atoms with Gasteiger partial charge in [0.05, 0.1) is 12.2 Å². The lowest BCUT2D eigenvalue weighted by Crippen LogP contribution is -2.33. The molecule has 1 saturated heterocycles. The van der Waals surface area contributed by atoms with Gasteiger partial charge in [0.2, 0.25) is 0 Å². The summed E-state index contributed by atoms with van der Waals surface area (Å²) < 4.78 is 13.4. The Labute approximate surface area is 313 Å². The van der Waals surface area contributed by atoms with Gasteiger partial charge in [-0.3, -0.25) is 0 Å². The van der Waals surface area contributed by atoms with E-state index in [9.17, 15) is 0 Å². The predicted octanol–water partition coefficient (Wildman–Crippen LogP) is 14.6. The fourth-order valence-electron chi connectivity index (χ4n) is 8.29. The second-order valence-electron chi connectivity index (χ2n) is 16.5. The molecule has 0 radical (unpaired) electrons. The molecule has 1 saturated carbocycles. The zero-order chi connectivity index (χ0) is 36.0. The SMILES string of the molecule is CCCCC/C=C\C/C=C\CCCCCCCCC1(CCCCCCCC/C=C\C/C=C\CCCCC)CCC2(C1)O[C@@H](CN(C)C)[C@@H](C)O2. The van der Waals surface area contributed by atoms with Gasteiger partial charge in [-0.2, -0.15) is 0 Å². The van der Waals surface area contributed by atoms with Crippen molar-refractivity contribution in [1.82, 2.24) is 4.90 Å². The Morgan fingerprint density at radius 1 is 0.520 bits per heavy atom. The van der Waals surface area contributed by atoms with E-state index in [2.05, 4.69) is 88.4 Å². The Morgan fingerprint density at radius 3 is 1.38 bits per heavy atom. The van der Waals surface area contributed by atoms with E-state index >= 15 is 0 Å². The smallest absolute Gasteiger partial charge is 0.169 e. The molecule has 3 atom stereocenters. The molecule has 290 valence electrons. The number of nitrogens with zero attached hydrogens (tertiary/aromatic N) is 1. The van der Waals surface area contributed by atoms with Crippen LogP contribution in [0.2, 0.25) is 0 Å². The van der Waals surface area contributed by atoms with Crippen LogP contribution < -0.4 is 0 Å². The van der Waals surface area contributed by atoms with Crippen LogP contribution in [0.4, 0.5) is 0 Å². The van der Waals surface area contributed by atoms with E-state index < -0.39 is 0 Å². The van der Waals surface area contributed by atoms with E-state index in [-0.39, 0.29) is 18.0 Å². The van der Waals surface area contributed by atoms with Crippen LogP contribution in [-0.4, -0.2) is 43.5 Å². The summed E-state index contributed by atoms with van der Waals surface area (Å²) in [7, 11) is 4.30. The first kappa shape index (κ1) is 45.0. The monoisotopic (exact) mass is 696 g/mol. The lowest BCUT2D eigenvalue weighted by molar-refractivity contribution is -0.175. The molecule has 2 aliphatic rings. The summed E-state index contributed by atoms with van der Waals surface area (Å²) in [5.74, 6) is -0.323. The first-order valence-electron chi connectivity index (χ1n) is 22.0. The molecule has 0 aromatic carbocycles. The molecule has 0 aromatic heterocycles. The molecule has 2 rings (SSSR count). The van der Waals surface area contributed by atoms with E-state index in [4.69, 9.17) is 9.47 Å². The molecule has 0 N–H and O–H groups in total. The maximum absolute atomic E-state index is 6.77. The van der Waals surface area contributed by atoms with E-state index in [1.165, 1.54) is 161 Å². The van der Waals surface area contributed by atoms with Gasteiger partial charge in [0.15, 0.2) is 5.79 Å². The van der Waals surface area contributed by atoms with Gasteiger partial charge in [-0.1, -0.05) is 152 Å². The minimum absolute atomic E-state index is 0.192. The summed E-state index contributed by atoms with van der Waals surface area (Å²) in [5, 5.41) is 0. The molecule has 1 aliphatic carbocycles. The number of ether oxygens (including phenoxy) is 2. The van der Waals surface area contributed by atoms with Gasteiger partial charge in [-0.05, 0) is 110 Å². The van der Waals surface area contributed by atoms with Gasteiger partial charge in [-0.15, -0.1) is 0 Å². The van der Waals surface area contributed by atoms with Crippen molar-refractivity contribution in [3.63, 3.8) is 0 Å². The molecule has 3 nitrogen and oxygen atoms in total. The van der Waals surface area contributed by atoms with Crippen LogP contribution in [0.1, 0.15) is 207 Å². The first-order valence-corrected chi connectivity index (χ1v) is 22.0. The molecule has 0 amide bonds. The Balaban J connectivity index is 1.64. The molecule has 3 heteroatoms. The lowest BCUT2D eigenvalue weighted by Gasteiger charge is -2.32. The quantitative estimate of drug-likeness (QED) is 0.0516. The van der Waals surface area contributed by atoms with E-state index in [0.29, 0.717) is 5.41 Å². The average Bonchev–Trinajstić information content (AvgIpc) is 3.60. The second-order valence-corrected chi connectivity index (χ2v) is 16.5. The van der Waals surface area contributed by atoms with Crippen LogP contribution >= 0.6 is 0 Å². The fraction of sp³-hybridized carbons (Fsp3) is 0.830. The van der Waals surface area contributed by atoms with Crippen molar-refractivity contribution in [3.8, 4) is 0 Å². The maximum atomic E-state index is 6.77. The highest BCUT2D eigenvalue weighted by Crippen LogP contribution is 2.55. The standard InChI is InChI=1S/C47H85NO2/c1-6-8-10-12-14-16-18-20-22-24-26-28-30-32-34-36-38-46(40-41-47(43-46)49-44(3)45(50-47)42-48(4)5)39-37-35-33-31-29-27-25-23-21-19-17-15-13-11-9-7-2/h14-17,20-23,44-45H,6-13,18-19,24-43H2,1-5H3/b16-14-,17-15-,22-20-,23-21-/t44-,45+,47?/m1/s1. The molecule has 0 aromatic rings. The summed E-state index contributed by atoms with van der Waals surface area (Å²) in [6, 6.07) is 0.